The molecule has 1 aromatic carbocycles. The molecule has 20 heavy (non-hydrogen) atoms. The molecule has 0 aromatic heterocycles. The first-order valence-electron chi connectivity index (χ1n) is 6.59. The number of benzene rings is 1. The van der Waals surface area contributed by atoms with E-state index in [9.17, 15) is 8.42 Å². The highest BCUT2D eigenvalue weighted by Crippen LogP contribution is 2.23. The van der Waals surface area contributed by atoms with Gasteiger partial charge in [-0.3, -0.25) is 0 Å². The predicted octanol–water partition coefficient (Wildman–Crippen LogP) is 1.98. The average molecular weight is 300 g/mol. The summed E-state index contributed by atoms with van der Waals surface area (Å²) in [5, 5.41) is 0. The molecular weight excluding hydrogens is 276 g/mol. The van der Waals surface area contributed by atoms with Gasteiger partial charge < -0.3 is 10.5 Å². The molecule has 114 valence electrons. The van der Waals surface area contributed by atoms with Crippen molar-refractivity contribution < 1.29 is 13.2 Å². The van der Waals surface area contributed by atoms with Crippen LogP contribution < -0.4 is 10.5 Å². The third-order valence-corrected chi connectivity index (χ3v) is 4.60. The van der Waals surface area contributed by atoms with Gasteiger partial charge in [0.05, 0.1) is 11.3 Å². The Morgan fingerprint density at radius 1 is 1.25 bits per heavy atom. The summed E-state index contributed by atoms with van der Waals surface area (Å²) in [6.45, 7) is 10.0. The molecule has 1 rings (SSSR count). The molecule has 1 aromatic rings. The minimum Gasteiger partial charge on any atom is -0.398 e. The van der Waals surface area contributed by atoms with Gasteiger partial charge in [0.15, 0.2) is 0 Å². The van der Waals surface area contributed by atoms with E-state index < -0.39 is 15.6 Å². The maximum Gasteiger partial charge on any atom is 0.242 e. The zero-order chi connectivity index (χ0) is 15.6. The first-order valence-corrected chi connectivity index (χ1v) is 8.08. The van der Waals surface area contributed by atoms with Crippen LogP contribution in [0.2, 0.25) is 0 Å². The fourth-order valence-corrected chi connectivity index (χ4v) is 3.23. The lowest BCUT2D eigenvalue weighted by Gasteiger charge is -2.25. The van der Waals surface area contributed by atoms with E-state index in [1.165, 1.54) is 0 Å². The van der Waals surface area contributed by atoms with E-state index in [4.69, 9.17) is 10.5 Å². The maximum atomic E-state index is 12.3. The van der Waals surface area contributed by atoms with Gasteiger partial charge in [-0.05, 0) is 57.9 Å². The van der Waals surface area contributed by atoms with E-state index in [2.05, 4.69) is 4.72 Å². The third-order valence-electron chi connectivity index (χ3n) is 3.14. The Hall–Kier alpha value is -1.11. The van der Waals surface area contributed by atoms with Crippen LogP contribution in [0.25, 0.3) is 0 Å². The summed E-state index contributed by atoms with van der Waals surface area (Å²) in [4.78, 5) is 0.118. The standard InChI is InChI=1S/C14H24N2O3S/c1-6-19-14(4,5)9-16-20(17,18)13-8-11(3)10(2)7-12(13)15/h7-8,16H,6,9,15H2,1-5H3. The van der Waals surface area contributed by atoms with Crippen LogP contribution in [0.15, 0.2) is 17.0 Å². The predicted molar refractivity (Wildman–Crippen MR) is 81.2 cm³/mol. The number of hydrogen-bond donors (Lipinski definition) is 2. The third kappa shape index (κ3) is 4.19. The van der Waals surface area contributed by atoms with Crippen LogP contribution in [0.5, 0.6) is 0 Å². The van der Waals surface area contributed by atoms with Gasteiger partial charge in [0.2, 0.25) is 10.0 Å². The van der Waals surface area contributed by atoms with Crippen LogP contribution in [0.4, 0.5) is 5.69 Å². The second kappa shape index (κ2) is 6.11. The number of nitrogens with two attached hydrogens (primary N) is 1. The van der Waals surface area contributed by atoms with Crippen molar-refractivity contribution in [3.05, 3.63) is 23.3 Å². The summed E-state index contributed by atoms with van der Waals surface area (Å²) in [6, 6.07) is 3.28. The van der Waals surface area contributed by atoms with E-state index in [1.807, 2.05) is 34.6 Å². The van der Waals surface area contributed by atoms with E-state index in [-0.39, 0.29) is 17.1 Å². The van der Waals surface area contributed by atoms with Crippen LogP contribution >= 0.6 is 0 Å². The number of nitrogens with one attached hydrogen (secondary N) is 1. The summed E-state index contributed by atoms with van der Waals surface area (Å²) in [7, 11) is -3.64. The molecule has 5 nitrogen and oxygen atoms in total. The molecule has 0 saturated carbocycles. The Morgan fingerprint density at radius 3 is 2.35 bits per heavy atom. The molecular formula is C14H24N2O3S. The monoisotopic (exact) mass is 300 g/mol. The molecule has 3 N–H and O–H groups in total. The Bertz CT molecular complexity index is 580. The smallest absolute Gasteiger partial charge is 0.242 e. The first kappa shape index (κ1) is 16.9. The number of rotatable bonds is 6. The fraction of sp³-hybridized carbons (Fsp3) is 0.571. The first-order chi connectivity index (χ1) is 9.09. The van der Waals surface area contributed by atoms with Crippen molar-refractivity contribution in [1.82, 2.24) is 4.72 Å². The molecule has 0 fully saturated rings. The molecule has 0 radical (unpaired) electrons. The molecule has 6 heteroatoms. The molecule has 0 amide bonds. The molecule has 0 aliphatic carbocycles. The number of ether oxygens (including phenoxy) is 1. The summed E-state index contributed by atoms with van der Waals surface area (Å²) >= 11 is 0. The van der Waals surface area contributed by atoms with Crippen molar-refractivity contribution in [1.29, 1.82) is 0 Å². The Morgan fingerprint density at radius 2 is 1.80 bits per heavy atom. The summed E-state index contributed by atoms with van der Waals surface area (Å²) < 4.78 is 32.7. The molecule has 0 unspecified atom stereocenters. The lowest BCUT2D eigenvalue weighted by atomic mass is 10.1. The summed E-state index contributed by atoms with van der Waals surface area (Å²) in [5.74, 6) is 0. The Labute approximate surface area is 121 Å². The highest BCUT2D eigenvalue weighted by molar-refractivity contribution is 7.89. The second-order valence-corrected chi connectivity index (χ2v) is 7.23. The van der Waals surface area contributed by atoms with Gasteiger partial charge in [-0.25, -0.2) is 13.1 Å². The number of anilines is 1. The Kier molecular flexibility index (Phi) is 5.18. The van der Waals surface area contributed by atoms with Crippen molar-refractivity contribution in [3.63, 3.8) is 0 Å². The quantitative estimate of drug-likeness (QED) is 0.787. The lowest BCUT2D eigenvalue weighted by Crippen LogP contribution is -2.40. The van der Waals surface area contributed by atoms with E-state index >= 15 is 0 Å². The van der Waals surface area contributed by atoms with Gasteiger partial charge in [-0.1, -0.05) is 0 Å². The zero-order valence-corrected chi connectivity index (χ0v) is 13.6. The number of sulfonamides is 1. The minimum absolute atomic E-state index is 0.118. The van der Waals surface area contributed by atoms with Crippen molar-refractivity contribution in [2.24, 2.45) is 0 Å². The van der Waals surface area contributed by atoms with E-state index in [1.54, 1.807) is 12.1 Å². The van der Waals surface area contributed by atoms with E-state index in [0.29, 0.717) is 6.61 Å². The van der Waals surface area contributed by atoms with Crippen LogP contribution in [0.3, 0.4) is 0 Å². The molecule has 0 spiro atoms. The summed E-state index contributed by atoms with van der Waals surface area (Å²) in [5.41, 5.74) is 7.38. The zero-order valence-electron chi connectivity index (χ0n) is 12.8. The summed E-state index contributed by atoms with van der Waals surface area (Å²) in [6.07, 6.45) is 0. The SMILES string of the molecule is CCOC(C)(C)CNS(=O)(=O)c1cc(C)c(C)cc1N. The Balaban J connectivity index is 2.98. The molecule has 0 saturated heterocycles. The van der Waals surface area contributed by atoms with Gasteiger partial charge in [0.1, 0.15) is 4.90 Å². The van der Waals surface area contributed by atoms with Gasteiger partial charge in [0, 0.05) is 13.2 Å². The largest absolute Gasteiger partial charge is 0.398 e. The van der Waals surface area contributed by atoms with Crippen molar-refractivity contribution in [2.75, 3.05) is 18.9 Å². The average Bonchev–Trinajstić information content (AvgIpc) is 2.31. The maximum absolute atomic E-state index is 12.3. The second-order valence-electron chi connectivity index (χ2n) is 5.49. The number of nitrogen functional groups attached to an aromatic ring is 1. The molecule has 0 atom stereocenters. The topological polar surface area (TPSA) is 81.4 Å². The van der Waals surface area contributed by atoms with Crippen LogP contribution in [-0.4, -0.2) is 27.2 Å². The van der Waals surface area contributed by atoms with Gasteiger partial charge in [0.25, 0.3) is 0 Å². The number of aryl methyl sites for hydroxylation is 2. The minimum atomic E-state index is -3.64. The van der Waals surface area contributed by atoms with Crippen LogP contribution in [0, 0.1) is 13.8 Å². The highest BCUT2D eigenvalue weighted by Gasteiger charge is 2.24. The lowest BCUT2D eigenvalue weighted by molar-refractivity contribution is -0.00514. The van der Waals surface area contributed by atoms with Crippen molar-refractivity contribution in [3.8, 4) is 0 Å². The van der Waals surface area contributed by atoms with Crippen molar-refractivity contribution in [2.45, 2.75) is 45.1 Å². The fourth-order valence-electron chi connectivity index (χ4n) is 1.83. The van der Waals surface area contributed by atoms with Gasteiger partial charge in [-0.2, -0.15) is 0 Å². The van der Waals surface area contributed by atoms with Gasteiger partial charge in [-0.15, -0.1) is 0 Å². The van der Waals surface area contributed by atoms with E-state index in [0.717, 1.165) is 11.1 Å². The van der Waals surface area contributed by atoms with Crippen LogP contribution in [-0.2, 0) is 14.8 Å². The van der Waals surface area contributed by atoms with Crippen molar-refractivity contribution >= 4 is 15.7 Å². The molecule has 0 heterocycles. The molecule has 0 aliphatic rings. The van der Waals surface area contributed by atoms with Gasteiger partial charge >= 0.3 is 0 Å². The normalized spacial score (nSPS) is 12.7. The number of hydrogen-bond acceptors (Lipinski definition) is 4. The molecule has 0 aliphatic heterocycles. The highest BCUT2D eigenvalue weighted by atomic mass is 32.2. The molecule has 0 bridgehead atoms. The van der Waals surface area contributed by atoms with Crippen LogP contribution in [0.1, 0.15) is 31.9 Å².